The van der Waals surface area contributed by atoms with E-state index in [4.69, 9.17) is 28.6 Å². The van der Waals surface area contributed by atoms with Crippen LogP contribution in [0.5, 0.6) is 0 Å². The van der Waals surface area contributed by atoms with Crippen LogP contribution in [0.3, 0.4) is 0 Å². The molecule has 1 saturated heterocycles. The molecule has 0 bridgehead atoms. The van der Waals surface area contributed by atoms with Gasteiger partial charge in [-0.3, -0.25) is 14.5 Å². The Labute approximate surface area is 179 Å². The summed E-state index contributed by atoms with van der Waals surface area (Å²) in [4.78, 5) is 31.3. The third-order valence-electron chi connectivity index (χ3n) is 5.11. The number of thiocarbonyl (C=S) groups is 1. The topological polar surface area (TPSA) is 71.0 Å². The maximum atomic E-state index is 13.0. The predicted molar refractivity (Wildman–Crippen MR) is 115 cm³/mol. The number of nitrogens with zero attached hydrogens (tertiary/aromatic N) is 2. The molecule has 4 rings (SSSR count). The zero-order valence-corrected chi connectivity index (χ0v) is 17.2. The number of halogens is 1. The molecule has 2 atom stereocenters. The first kappa shape index (κ1) is 19.9. The summed E-state index contributed by atoms with van der Waals surface area (Å²) in [5.41, 5.74) is 1.87. The maximum Gasteiger partial charge on any atom is 0.251 e. The molecule has 3 aliphatic rings. The lowest BCUT2D eigenvalue weighted by Crippen LogP contribution is -2.46. The highest BCUT2D eigenvalue weighted by atomic mass is 35.5. The first-order chi connectivity index (χ1) is 14.0. The van der Waals surface area contributed by atoms with Gasteiger partial charge in [0.15, 0.2) is 0 Å². The predicted octanol–water partition coefficient (Wildman–Crippen LogP) is 2.82. The Morgan fingerprint density at radius 1 is 1.34 bits per heavy atom. The number of aliphatic imine (C=N–C) groups is 1. The van der Waals surface area contributed by atoms with E-state index < -0.39 is 5.92 Å². The summed E-state index contributed by atoms with van der Waals surface area (Å²) < 4.78 is 5.52. The van der Waals surface area contributed by atoms with Crippen molar-refractivity contribution < 1.29 is 14.3 Å². The number of carbonyl (C=O) groups excluding carboxylic acids is 2. The van der Waals surface area contributed by atoms with Crippen LogP contribution in [0.1, 0.15) is 18.4 Å². The molecule has 0 saturated carbocycles. The lowest BCUT2D eigenvalue weighted by Gasteiger charge is -2.31. The van der Waals surface area contributed by atoms with E-state index in [9.17, 15) is 9.59 Å². The molecule has 1 aromatic rings. The van der Waals surface area contributed by atoms with Crippen molar-refractivity contribution in [1.29, 1.82) is 0 Å². The number of hydrogen-bond acceptors (Lipinski definition) is 4. The van der Waals surface area contributed by atoms with Crippen molar-refractivity contribution in [3.8, 4) is 0 Å². The van der Waals surface area contributed by atoms with Crippen molar-refractivity contribution in [2.45, 2.75) is 25.5 Å². The number of amides is 2. The van der Waals surface area contributed by atoms with Crippen LogP contribution in [0.15, 0.2) is 53.1 Å². The Morgan fingerprint density at radius 3 is 2.86 bits per heavy atom. The second kappa shape index (κ2) is 8.57. The largest absolute Gasteiger partial charge is 0.376 e. The van der Waals surface area contributed by atoms with Crippen LogP contribution in [0, 0.1) is 5.92 Å². The van der Waals surface area contributed by atoms with Gasteiger partial charge in [0.1, 0.15) is 0 Å². The van der Waals surface area contributed by atoms with Crippen LogP contribution in [0.25, 0.3) is 0 Å². The highest BCUT2D eigenvalue weighted by molar-refractivity contribution is 7.80. The Kier molecular flexibility index (Phi) is 5.89. The van der Waals surface area contributed by atoms with E-state index in [0.29, 0.717) is 29.4 Å². The Hall–Kier alpha value is -2.35. The molecule has 1 aromatic carbocycles. The molecule has 8 heteroatoms. The number of ether oxygens (including phenoxy) is 1. The normalized spacial score (nSPS) is 23.6. The molecule has 1 N–H and O–H groups in total. The monoisotopic (exact) mass is 429 g/mol. The summed E-state index contributed by atoms with van der Waals surface area (Å²) in [6, 6.07) is 7.25. The molecule has 2 amide bonds. The molecular weight excluding hydrogens is 410 g/mol. The highest BCUT2D eigenvalue weighted by Crippen LogP contribution is 2.24. The van der Waals surface area contributed by atoms with Gasteiger partial charge in [-0.2, -0.15) is 0 Å². The fourth-order valence-electron chi connectivity index (χ4n) is 3.51. The Balaban J connectivity index is 1.45. The van der Waals surface area contributed by atoms with E-state index in [0.717, 1.165) is 25.0 Å². The average molecular weight is 430 g/mol. The fourth-order valence-corrected chi connectivity index (χ4v) is 3.90. The van der Waals surface area contributed by atoms with E-state index in [1.807, 2.05) is 12.1 Å². The van der Waals surface area contributed by atoms with Gasteiger partial charge in [-0.05, 0) is 48.8 Å². The highest BCUT2D eigenvalue weighted by Gasteiger charge is 2.35. The molecule has 2 aliphatic heterocycles. The molecule has 29 heavy (non-hydrogen) atoms. The molecule has 6 nitrogen and oxygen atoms in total. The van der Waals surface area contributed by atoms with Crippen molar-refractivity contribution in [1.82, 2.24) is 10.2 Å². The lowest BCUT2D eigenvalue weighted by molar-refractivity contribution is -0.129. The van der Waals surface area contributed by atoms with E-state index in [-0.39, 0.29) is 23.0 Å². The van der Waals surface area contributed by atoms with Crippen molar-refractivity contribution in [3.05, 3.63) is 58.7 Å². The summed E-state index contributed by atoms with van der Waals surface area (Å²) in [6.07, 6.45) is 7.06. The molecular formula is C21H20ClN3O3S. The summed E-state index contributed by atoms with van der Waals surface area (Å²) in [6.45, 7) is 1.55. The van der Waals surface area contributed by atoms with Crippen molar-refractivity contribution in [3.63, 3.8) is 0 Å². The number of benzene rings is 1. The van der Waals surface area contributed by atoms with Gasteiger partial charge in [0, 0.05) is 23.7 Å². The average Bonchev–Trinajstić information content (AvgIpc) is 3.24. The molecule has 2 unspecified atom stereocenters. The van der Waals surface area contributed by atoms with Crippen LogP contribution < -0.4 is 5.32 Å². The van der Waals surface area contributed by atoms with Gasteiger partial charge in [0.2, 0.25) is 11.0 Å². The van der Waals surface area contributed by atoms with Crippen LogP contribution in [-0.2, 0) is 20.9 Å². The minimum Gasteiger partial charge on any atom is -0.376 e. The number of carbonyl (C=O) groups is 2. The summed E-state index contributed by atoms with van der Waals surface area (Å²) >= 11 is 11.3. The van der Waals surface area contributed by atoms with Gasteiger partial charge in [-0.1, -0.05) is 35.9 Å². The van der Waals surface area contributed by atoms with E-state index in [1.165, 1.54) is 4.90 Å². The van der Waals surface area contributed by atoms with Crippen LogP contribution in [0.2, 0.25) is 5.02 Å². The first-order valence-corrected chi connectivity index (χ1v) is 10.3. The zero-order chi connectivity index (χ0) is 20.4. The van der Waals surface area contributed by atoms with Crippen LogP contribution in [0.4, 0.5) is 0 Å². The molecule has 1 aliphatic carbocycles. The number of hydrogen-bond donors (Lipinski definition) is 1. The third-order valence-corrected chi connectivity index (χ3v) is 5.67. The van der Waals surface area contributed by atoms with Crippen molar-refractivity contribution in [2.75, 3.05) is 13.2 Å². The SMILES string of the molecule is O=C(NCC1CCCO1)C1=CC2=NC(=S)N(Cc3ccc(Cl)cc3)C(=O)C2C=C1. The second-order valence-electron chi connectivity index (χ2n) is 7.15. The zero-order valence-electron chi connectivity index (χ0n) is 15.6. The minimum atomic E-state index is -0.538. The Morgan fingerprint density at radius 2 is 2.14 bits per heavy atom. The van der Waals surface area contributed by atoms with Gasteiger partial charge in [-0.15, -0.1) is 0 Å². The fraction of sp³-hybridized carbons (Fsp3) is 0.333. The quantitative estimate of drug-likeness (QED) is 0.730. The van der Waals surface area contributed by atoms with Gasteiger partial charge < -0.3 is 10.1 Å². The van der Waals surface area contributed by atoms with Crippen molar-refractivity contribution in [2.24, 2.45) is 10.9 Å². The minimum absolute atomic E-state index is 0.0717. The van der Waals surface area contributed by atoms with E-state index in [2.05, 4.69) is 10.3 Å². The molecule has 1 fully saturated rings. The van der Waals surface area contributed by atoms with E-state index in [1.54, 1.807) is 30.4 Å². The van der Waals surface area contributed by atoms with Crippen molar-refractivity contribution >= 4 is 46.5 Å². The van der Waals surface area contributed by atoms with Gasteiger partial charge in [0.05, 0.1) is 24.3 Å². The Bertz CT molecular complexity index is 933. The molecule has 0 radical (unpaired) electrons. The number of allylic oxidation sites excluding steroid dienone is 1. The van der Waals surface area contributed by atoms with Crippen LogP contribution >= 0.6 is 23.8 Å². The summed E-state index contributed by atoms with van der Waals surface area (Å²) in [5.74, 6) is -0.898. The summed E-state index contributed by atoms with van der Waals surface area (Å²) in [5, 5.41) is 3.71. The third kappa shape index (κ3) is 4.47. The standard InChI is InChI=1S/C21H20ClN3O3S/c22-15-6-3-13(4-7-15)12-25-20(27)17-8-5-14(10-18(17)24-21(25)29)19(26)23-11-16-2-1-9-28-16/h3-8,10,16-17H,1-2,9,11-12H2,(H,23,26). The molecule has 0 spiro atoms. The second-order valence-corrected chi connectivity index (χ2v) is 7.95. The molecule has 2 heterocycles. The number of fused-ring (bicyclic) bond motifs is 1. The lowest BCUT2D eigenvalue weighted by atomic mass is 9.91. The van der Waals surface area contributed by atoms with E-state index >= 15 is 0 Å². The van der Waals surface area contributed by atoms with Gasteiger partial charge in [-0.25, -0.2) is 4.99 Å². The number of rotatable bonds is 5. The van der Waals surface area contributed by atoms with Crippen LogP contribution in [-0.4, -0.2) is 46.8 Å². The number of nitrogens with one attached hydrogen (secondary N) is 1. The molecule has 150 valence electrons. The summed E-state index contributed by atoms with van der Waals surface area (Å²) in [7, 11) is 0. The van der Waals surface area contributed by atoms with Gasteiger partial charge in [0.25, 0.3) is 5.91 Å². The van der Waals surface area contributed by atoms with Gasteiger partial charge >= 0.3 is 0 Å². The smallest absolute Gasteiger partial charge is 0.251 e. The maximum absolute atomic E-state index is 13.0. The first-order valence-electron chi connectivity index (χ1n) is 9.49. The molecule has 0 aromatic heterocycles.